The number of hydrogen-bond acceptors (Lipinski definition) is 4. The molecule has 1 aromatic carbocycles. The van der Waals surface area contributed by atoms with E-state index < -0.39 is 29.8 Å². The number of carbonyl (C=O) groups is 3. The van der Waals surface area contributed by atoms with E-state index in [1.165, 1.54) is 6.92 Å². The van der Waals surface area contributed by atoms with Crippen molar-refractivity contribution in [2.75, 3.05) is 0 Å². The monoisotopic (exact) mass is 383 g/mol. The number of benzene rings is 1. The number of rotatable bonds is 7. The van der Waals surface area contributed by atoms with Crippen LogP contribution in [0, 0.1) is 12.8 Å². The highest BCUT2D eigenvalue weighted by Gasteiger charge is 2.27. The van der Waals surface area contributed by atoms with E-state index in [0.717, 1.165) is 12.0 Å². The number of hydrogen-bond donors (Lipinski definition) is 2. The molecule has 0 spiro atoms. The second-order valence-electron chi connectivity index (χ2n) is 6.74. The van der Waals surface area contributed by atoms with Crippen LogP contribution in [-0.4, -0.2) is 29.0 Å². The molecule has 0 saturated carbocycles. The minimum absolute atomic E-state index is 0.309. The maximum absolute atomic E-state index is 12.9. The first kappa shape index (κ1) is 21.2. The van der Waals surface area contributed by atoms with Crippen LogP contribution in [0.25, 0.3) is 0 Å². The lowest BCUT2D eigenvalue weighted by atomic mass is 9.93. The molecular formula is C22H25NO5. The van der Waals surface area contributed by atoms with Gasteiger partial charge in [-0.2, -0.15) is 0 Å². The van der Waals surface area contributed by atoms with E-state index in [2.05, 4.69) is 5.32 Å². The van der Waals surface area contributed by atoms with Crippen LogP contribution in [0.15, 0.2) is 54.2 Å². The van der Waals surface area contributed by atoms with Gasteiger partial charge >= 0.3 is 11.9 Å². The molecule has 0 aromatic heterocycles. The number of amides is 1. The van der Waals surface area contributed by atoms with Crippen molar-refractivity contribution in [3.63, 3.8) is 0 Å². The molecule has 1 aromatic rings. The van der Waals surface area contributed by atoms with Gasteiger partial charge in [-0.1, -0.05) is 36.4 Å². The van der Waals surface area contributed by atoms with Gasteiger partial charge in [0.25, 0.3) is 5.91 Å². The molecule has 28 heavy (non-hydrogen) atoms. The van der Waals surface area contributed by atoms with Gasteiger partial charge in [0.1, 0.15) is 5.75 Å². The predicted octanol–water partition coefficient (Wildman–Crippen LogP) is 3.57. The van der Waals surface area contributed by atoms with Gasteiger partial charge in [-0.05, 0) is 44.4 Å². The van der Waals surface area contributed by atoms with E-state index >= 15 is 0 Å². The van der Waals surface area contributed by atoms with Crippen molar-refractivity contribution < 1.29 is 24.2 Å². The number of carboxylic acids is 1. The summed E-state index contributed by atoms with van der Waals surface area (Å²) < 4.78 is 5.12. The summed E-state index contributed by atoms with van der Waals surface area (Å²) in [7, 11) is 0. The summed E-state index contributed by atoms with van der Waals surface area (Å²) in [5, 5.41) is 12.3. The molecule has 2 rings (SSSR count). The standard InChI is InChI=1S/C22H25NO5/c1-14-18(11-8-12-20(14)28-16(3)24)21(25)23-19(15(2)22(26)27)13-17-9-6-4-5-7-10-17/h4-6,8-12,15,19H,7,13H2,1-3H3,(H,23,25)(H,26,27)/t15-,19-/m0/s1. The van der Waals surface area contributed by atoms with Crippen molar-refractivity contribution in [3.8, 4) is 5.75 Å². The fourth-order valence-corrected chi connectivity index (χ4v) is 2.93. The highest BCUT2D eigenvalue weighted by Crippen LogP contribution is 2.23. The molecule has 1 amide bonds. The van der Waals surface area contributed by atoms with E-state index in [4.69, 9.17) is 4.74 Å². The zero-order valence-electron chi connectivity index (χ0n) is 16.3. The van der Waals surface area contributed by atoms with Crippen molar-refractivity contribution in [1.29, 1.82) is 0 Å². The number of ether oxygens (including phenoxy) is 1. The van der Waals surface area contributed by atoms with Gasteiger partial charge in [0.2, 0.25) is 0 Å². The normalized spacial score (nSPS) is 15.2. The minimum Gasteiger partial charge on any atom is -0.481 e. The Morgan fingerprint density at radius 2 is 2.00 bits per heavy atom. The smallest absolute Gasteiger partial charge is 0.308 e. The maximum atomic E-state index is 12.9. The summed E-state index contributed by atoms with van der Waals surface area (Å²) in [5.41, 5.74) is 1.83. The Hall–Kier alpha value is -3.15. The molecule has 0 aliphatic heterocycles. The van der Waals surface area contributed by atoms with Crippen LogP contribution in [-0.2, 0) is 9.59 Å². The lowest BCUT2D eigenvalue weighted by Gasteiger charge is -2.23. The van der Waals surface area contributed by atoms with Crippen molar-refractivity contribution in [2.24, 2.45) is 5.92 Å². The summed E-state index contributed by atoms with van der Waals surface area (Å²) in [6, 6.07) is 4.27. The number of aliphatic carboxylic acids is 1. The van der Waals surface area contributed by atoms with E-state index in [0.29, 0.717) is 23.3 Å². The van der Waals surface area contributed by atoms with Gasteiger partial charge in [0.05, 0.1) is 5.92 Å². The molecule has 0 saturated heterocycles. The molecule has 0 bridgehead atoms. The molecule has 0 fully saturated rings. The molecule has 1 aliphatic carbocycles. The quantitative estimate of drug-likeness (QED) is 0.555. The second-order valence-corrected chi connectivity index (χ2v) is 6.74. The van der Waals surface area contributed by atoms with E-state index in [-0.39, 0.29) is 0 Å². The average molecular weight is 383 g/mol. The van der Waals surface area contributed by atoms with Crippen LogP contribution in [0.4, 0.5) is 0 Å². The largest absolute Gasteiger partial charge is 0.481 e. The van der Waals surface area contributed by atoms with E-state index in [9.17, 15) is 19.5 Å². The van der Waals surface area contributed by atoms with Crippen molar-refractivity contribution >= 4 is 17.8 Å². The average Bonchev–Trinajstić information content (AvgIpc) is 2.90. The molecule has 0 radical (unpaired) electrons. The number of esters is 1. The first-order valence-corrected chi connectivity index (χ1v) is 9.13. The third kappa shape index (κ3) is 5.67. The topological polar surface area (TPSA) is 92.7 Å². The Morgan fingerprint density at radius 1 is 1.25 bits per heavy atom. The Kier molecular flexibility index (Phi) is 7.32. The number of carbonyl (C=O) groups excluding carboxylic acids is 2. The minimum atomic E-state index is -0.980. The third-order valence-corrected chi connectivity index (χ3v) is 4.62. The lowest BCUT2D eigenvalue weighted by molar-refractivity contribution is -0.142. The Balaban J connectivity index is 2.24. The SMILES string of the molecule is CC(=O)Oc1cccc(C(=O)N[C@@H](CC2=CCC=CC=C2)[C@H](C)C(=O)O)c1C. The highest BCUT2D eigenvalue weighted by atomic mass is 16.5. The van der Waals surface area contributed by atoms with Crippen LogP contribution >= 0.6 is 0 Å². The lowest BCUT2D eigenvalue weighted by Crippen LogP contribution is -2.42. The first-order valence-electron chi connectivity index (χ1n) is 9.13. The van der Waals surface area contributed by atoms with Crippen LogP contribution in [0.3, 0.4) is 0 Å². The molecule has 1 aliphatic rings. The van der Waals surface area contributed by atoms with Crippen LogP contribution in [0.5, 0.6) is 5.75 Å². The molecule has 2 atom stereocenters. The maximum Gasteiger partial charge on any atom is 0.308 e. The van der Waals surface area contributed by atoms with Crippen molar-refractivity contribution in [1.82, 2.24) is 5.32 Å². The van der Waals surface area contributed by atoms with Gasteiger partial charge in [-0.15, -0.1) is 0 Å². The molecular weight excluding hydrogens is 358 g/mol. The van der Waals surface area contributed by atoms with Crippen molar-refractivity contribution in [2.45, 2.75) is 39.7 Å². The van der Waals surface area contributed by atoms with Crippen LogP contribution < -0.4 is 10.1 Å². The Morgan fingerprint density at radius 3 is 2.68 bits per heavy atom. The zero-order valence-corrected chi connectivity index (χ0v) is 16.3. The summed E-state index contributed by atoms with van der Waals surface area (Å²) in [4.78, 5) is 35.6. The van der Waals surface area contributed by atoms with Gasteiger partial charge in [0, 0.05) is 24.1 Å². The number of allylic oxidation sites excluding steroid dienone is 5. The fraction of sp³-hybridized carbons (Fsp3) is 0.318. The van der Waals surface area contributed by atoms with E-state index in [1.807, 2.05) is 30.4 Å². The van der Waals surface area contributed by atoms with Crippen molar-refractivity contribution in [3.05, 3.63) is 65.3 Å². The summed E-state index contributed by atoms with van der Waals surface area (Å²) in [6.07, 6.45) is 10.9. The molecule has 0 heterocycles. The highest BCUT2D eigenvalue weighted by molar-refractivity contribution is 5.97. The molecule has 148 valence electrons. The summed E-state index contributed by atoms with van der Waals surface area (Å²) >= 11 is 0. The Bertz CT molecular complexity index is 850. The zero-order chi connectivity index (χ0) is 20.7. The van der Waals surface area contributed by atoms with Gasteiger partial charge in [-0.3, -0.25) is 14.4 Å². The van der Waals surface area contributed by atoms with E-state index in [1.54, 1.807) is 32.0 Å². The second kappa shape index (κ2) is 9.69. The van der Waals surface area contributed by atoms with Crippen LogP contribution in [0.2, 0.25) is 0 Å². The van der Waals surface area contributed by atoms with Gasteiger partial charge in [0.15, 0.2) is 0 Å². The van der Waals surface area contributed by atoms with Gasteiger partial charge in [-0.25, -0.2) is 0 Å². The third-order valence-electron chi connectivity index (χ3n) is 4.62. The fourth-order valence-electron chi connectivity index (χ4n) is 2.93. The number of nitrogens with one attached hydrogen (secondary N) is 1. The Labute approximate surface area is 164 Å². The molecule has 6 heteroatoms. The molecule has 0 unspecified atom stereocenters. The summed E-state index contributed by atoms with van der Waals surface area (Å²) in [5.74, 6) is -2.32. The number of carboxylic acid groups (broad SMARTS) is 1. The van der Waals surface area contributed by atoms with Gasteiger partial charge < -0.3 is 15.2 Å². The predicted molar refractivity (Wildman–Crippen MR) is 106 cm³/mol. The molecule has 2 N–H and O–H groups in total. The molecule has 6 nitrogen and oxygen atoms in total. The van der Waals surface area contributed by atoms with Crippen LogP contribution in [0.1, 0.15) is 42.6 Å². The first-order chi connectivity index (χ1) is 13.3. The summed E-state index contributed by atoms with van der Waals surface area (Å²) in [6.45, 7) is 4.55.